The number of nitrogens with one attached hydrogen (secondary N) is 2. The molecular weight excluding hydrogens is 390 g/mol. The van der Waals surface area contributed by atoms with Gasteiger partial charge in [-0.3, -0.25) is 14.4 Å². The number of para-hydroxylation sites is 1. The van der Waals surface area contributed by atoms with Gasteiger partial charge in [0.15, 0.2) is 0 Å². The van der Waals surface area contributed by atoms with Gasteiger partial charge in [0.1, 0.15) is 11.8 Å². The van der Waals surface area contributed by atoms with Gasteiger partial charge >= 0.3 is 5.97 Å². The molecule has 3 aromatic rings. The van der Waals surface area contributed by atoms with E-state index in [4.69, 9.17) is 9.52 Å². The first-order valence-electron chi connectivity index (χ1n) is 8.89. The number of hydrogen-bond acceptors (Lipinski definition) is 6. The number of fused-ring (bicyclic) bond motifs is 1. The van der Waals surface area contributed by atoms with Gasteiger partial charge in [0.2, 0.25) is 17.2 Å². The molecule has 1 heterocycles. The highest BCUT2D eigenvalue weighted by molar-refractivity contribution is 5.94. The molecule has 2 amide bonds. The van der Waals surface area contributed by atoms with Crippen LogP contribution in [0.5, 0.6) is 0 Å². The molecule has 9 heteroatoms. The highest BCUT2D eigenvalue weighted by Gasteiger charge is 2.08. The molecule has 0 saturated heterocycles. The third kappa shape index (κ3) is 5.16. The summed E-state index contributed by atoms with van der Waals surface area (Å²) in [5, 5.41) is 15.5. The Morgan fingerprint density at radius 3 is 2.43 bits per heavy atom. The van der Waals surface area contributed by atoms with Crippen molar-refractivity contribution in [2.75, 3.05) is 5.32 Å². The van der Waals surface area contributed by atoms with Crippen molar-refractivity contribution in [1.82, 2.24) is 5.43 Å². The Morgan fingerprint density at radius 2 is 1.70 bits per heavy atom. The Bertz CT molecular complexity index is 1180. The summed E-state index contributed by atoms with van der Waals surface area (Å²) < 4.78 is 5.35. The van der Waals surface area contributed by atoms with Gasteiger partial charge in [-0.15, -0.1) is 0 Å². The maximum atomic E-state index is 12.3. The van der Waals surface area contributed by atoms with Crippen LogP contribution < -0.4 is 16.2 Å². The fraction of sp³-hybridized carbons (Fsp3) is 0.0952. The average Bonchev–Trinajstić information content (AvgIpc) is 2.74. The number of carbonyl (C=O) groups is 3. The summed E-state index contributed by atoms with van der Waals surface area (Å²) in [5.74, 6) is -1.98. The Morgan fingerprint density at radius 1 is 1.00 bits per heavy atom. The lowest BCUT2D eigenvalue weighted by molar-refractivity contribution is -0.124. The predicted octanol–water partition coefficient (Wildman–Crippen LogP) is 2.36. The number of carbonyl (C=O) groups excluding carboxylic acids is 2. The predicted molar refractivity (Wildman–Crippen MR) is 109 cm³/mol. The Hall–Kier alpha value is -4.27. The molecule has 0 aliphatic heterocycles. The molecular formula is C21H17N3O6. The summed E-state index contributed by atoms with van der Waals surface area (Å²) >= 11 is 0. The van der Waals surface area contributed by atoms with Crippen LogP contribution in [0.3, 0.4) is 0 Å². The lowest BCUT2D eigenvalue weighted by Gasteiger charge is -2.05. The maximum Gasteiger partial charge on any atom is 0.335 e. The largest absolute Gasteiger partial charge is 0.478 e. The highest BCUT2D eigenvalue weighted by Crippen LogP contribution is 2.11. The van der Waals surface area contributed by atoms with Gasteiger partial charge in [0, 0.05) is 18.5 Å². The van der Waals surface area contributed by atoms with Gasteiger partial charge in [0.05, 0.1) is 22.7 Å². The molecule has 0 bridgehead atoms. The van der Waals surface area contributed by atoms with Crippen LogP contribution in [0, 0.1) is 0 Å². The molecule has 1 aromatic heterocycles. The molecule has 0 unspecified atom stereocenters. The first kappa shape index (κ1) is 20.5. The number of amides is 2. The fourth-order valence-electron chi connectivity index (χ4n) is 2.56. The van der Waals surface area contributed by atoms with Crippen LogP contribution in [0.1, 0.15) is 28.8 Å². The zero-order valence-corrected chi connectivity index (χ0v) is 15.6. The van der Waals surface area contributed by atoms with Crippen molar-refractivity contribution in [3.05, 3.63) is 76.1 Å². The smallest absolute Gasteiger partial charge is 0.335 e. The van der Waals surface area contributed by atoms with Crippen LogP contribution >= 0.6 is 0 Å². The van der Waals surface area contributed by atoms with E-state index in [0.717, 1.165) is 0 Å². The molecule has 0 fully saturated rings. The number of hydrogen-bond donors (Lipinski definition) is 3. The molecule has 0 spiro atoms. The molecule has 30 heavy (non-hydrogen) atoms. The molecule has 0 saturated carbocycles. The topological polar surface area (TPSA) is 138 Å². The van der Waals surface area contributed by atoms with Crippen molar-refractivity contribution in [3.63, 3.8) is 0 Å². The van der Waals surface area contributed by atoms with E-state index in [1.54, 1.807) is 24.3 Å². The van der Waals surface area contributed by atoms with Gasteiger partial charge in [-0.05, 0) is 36.4 Å². The quantitative estimate of drug-likeness (QED) is 0.406. The number of aromatic carboxylic acids is 1. The van der Waals surface area contributed by atoms with Crippen molar-refractivity contribution in [1.29, 1.82) is 0 Å². The minimum absolute atomic E-state index is 0.0971. The Labute approximate surface area is 170 Å². The maximum absolute atomic E-state index is 12.3. The molecule has 0 atom stereocenters. The molecule has 0 radical (unpaired) electrons. The second-order valence-electron chi connectivity index (χ2n) is 6.24. The van der Waals surface area contributed by atoms with Crippen molar-refractivity contribution >= 4 is 40.7 Å². The summed E-state index contributed by atoms with van der Waals surface area (Å²) in [6, 6.07) is 12.4. The first-order chi connectivity index (χ1) is 14.4. The number of nitrogens with zero attached hydrogens (tertiary/aromatic N) is 1. The fourth-order valence-corrected chi connectivity index (χ4v) is 2.56. The van der Waals surface area contributed by atoms with Crippen LogP contribution in [0.25, 0.3) is 11.0 Å². The second kappa shape index (κ2) is 9.28. The number of benzene rings is 2. The Kier molecular flexibility index (Phi) is 6.33. The minimum Gasteiger partial charge on any atom is -0.478 e. The molecule has 152 valence electrons. The molecule has 3 rings (SSSR count). The van der Waals surface area contributed by atoms with Gasteiger partial charge < -0.3 is 14.8 Å². The van der Waals surface area contributed by atoms with Crippen LogP contribution in [-0.4, -0.2) is 29.1 Å². The Balaban J connectivity index is 1.49. The summed E-state index contributed by atoms with van der Waals surface area (Å²) in [6.07, 6.45) is 2.21. The SMILES string of the molecule is O=C(CCC(=O)Nc1ccc(C(=O)O)cc1)N/N=C\c1coc2ccccc2c1=O. The van der Waals surface area contributed by atoms with Gasteiger partial charge in [-0.1, -0.05) is 12.1 Å². The average molecular weight is 407 g/mol. The minimum atomic E-state index is -1.06. The number of carboxylic acid groups (broad SMARTS) is 1. The van der Waals surface area contributed by atoms with E-state index < -0.39 is 17.8 Å². The molecule has 0 aliphatic rings. The number of carboxylic acids is 1. The van der Waals surface area contributed by atoms with Gasteiger partial charge in [-0.25, -0.2) is 10.2 Å². The van der Waals surface area contributed by atoms with Crippen LogP contribution in [-0.2, 0) is 9.59 Å². The standard InChI is InChI=1S/C21H17N3O6/c25-18(23-15-7-5-13(6-8-15)21(28)29)9-10-19(26)24-22-11-14-12-30-17-4-2-1-3-16(17)20(14)27/h1-8,11-12H,9-10H2,(H,23,25)(H,24,26)(H,28,29)/b22-11-. The van der Waals surface area contributed by atoms with E-state index in [2.05, 4.69) is 15.8 Å². The number of hydrazone groups is 1. The van der Waals surface area contributed by atoms with Crippen molar-refractivity contribution in [2.45, 2.75) is 12.8 Å². The van der Waals surface area contributed by atoms with E-state index >= 15 is 0 Å². The highest BCUT2D eigenvalue weighted by atomic mass is 16.4. The van der Waals surface area contributed by atoms with Crippen LogP contribution in [0.15, 0.2) is 69.1 Å². The van der Waals surface area contributed by atoms with E-state index in [-0.39, 0.29) is 29.4 Å². The van der Waals surface area contributed by atoms with Gasteiger partial charge in [0.25, 0.3) is 0 Å². The third-order valence-electron chi connectivity index (χ3n) is 4.09. The molecule has 2 aromatic carbocycles. The van der Waals surface area contributed by atoms with E-state index in [0.29, 0.717) is 16.7 Å². The summed E-state index contributed by atoms with van der Waals surface area (Å²) in [4.78, 5) is 46.8. The number of rotatable bonds is 7. The van der Waals surface area contributed by atoms with E-state index in [1.165, 1.54) is 36.7 Å². The molecule has 0 aliphatic carbocycles. The zero-order chi connectivity index (χ0) is 21.5. The van der Waals surface area contributed by atoms with Crippen molar-refractivity contribution in [2.24, 2.45) is 5.10 Å². The monoisotopic (exact) mass is 407 g/mol. The van der Waals surface area contributed by atoms with Gasteiger partial charge in [-0.2, -0.15) is 5.10 Å². The summed E-state index contributed by atoms with van der Waals surface area (Å²) in [5.41, 5.74) is 3.13. The molecule has 3 N–H and O–H groups in total. The van der Waals surface area contributed by atoms with E-state index in [9.17, 15) is 19.2 Å². The van der Waals surface area contributed by atoms with Crippen LogP contribution in [0.2, 0.25) is 0 Å². The summed E-state index contributed by atoms with van der Waals surface area (Å²) in [6.45, 7) is 0. The lowest BCUT2D eigenvalue weighted by Crippen LogP contribution is -2.21. The van der Waals surface area contributed by atoms with Crippen molar-refractivity contribution in [3.8, 4) is 0 Å². The zero-order valence-electron chi connectivity index (χ0n) is 15.6. The molecule has 9 nitrogen and oxygen atoms in total. The van der Waals surface area contributed by atoms with Crippen molar-refractivity contribution < 1.29 is 23.9 Å². The van der Waals surface area contributed by atoms with Crippen LogP contribution in [0.4, 0.5) is 5.69 Å². The second-order valence-corrected chi connectivity index (χ2v) is 6.24. The summed E-state index contributed by atoms with van der Waals surface area (Å²) in [7, 11) is 0. The van der Waals surface area contributed by atoms with E-state index in [1.807, 2.05) is 0 Å². The lowest BCUT2D eigenvalue weighted by atomic mass is 10.2. The third-order valence-corrected chi connectivity index (χ3v) is 4.09. The normalized spacial score (nSPS) is 10.8. The number of anilines is 1. The first-order valence-corrected chi connectivity index (χ1v) is 8.89.